The molecule has 0 saturated carbocycles. The zero-order chi connectivity index (χ0) is 14.8. The fourth-order valence-electron chi connectivity index (χ4n) is 2.61. The average Bonchev–Trinajstić information content (AvgIpc) is 2.49. The second-order valence-corrected chi connectivity index (χ2v) is 4.81. The summed E-state index contributed by atoms with van der Waals surface area (Å²) in [5.41, 5.74) is 1.70. The van der Waals surface area contributed by atoms with Crippen LogP contribution < -0.4 is 5.56 Å². The first kappa shape index (κ1) is 13.5. The van der Waals surface area contributed by atoms with Crippen LogP contribution >= 0.6 is 0 Å². The van der Waals surface area contributed by atoms with Crippen LogP contribution in [0.1, 0.15) is 5.56 Å². The van der Waals surface area contributed by atoms with Crippen molar-refractivity contribution < 1.29 is 9.50 Å². The topological polar surface area (TPSA) is 53.1 Å². The van der Waals surface area contributed by atoms with Crippen molar-refractivity contribution in [2.24, 2.45) is 0 Å². The number of benzene rings is 2. The van der Waals surface area contributed by atoms with Crippen LogP contribution in [0.5, 0.6) is 0 Å². The maximum absolute atomic E-state index is 14.2. The Labute approximate surface area is 120 Å². The summed E-state index contributed by atoms with van der Waals surface area (Å²) in [4.78, 5) is 15.0. The molecule has 0 spiro atoms. The highest BCUT2D eigenvalue weighted by Gasteiger charge is 2.16. The predicted octanol–water partition coefficient (Wildman–Crippen LogP) is 2.87. The maximum Gasteiger partial charge on any atom is 0.252 e. The molecule has 0 saturated heterocycles. The van der Waals surface area contributed by atoms with E-state index in [-0.39, 0.29) is 24.4 Å². The van der Waals surface area contributed by atoms with Crippen molar-refractivity contribution in [3.63, 3.8) is 0 Å². The third-order valence-electron chi connectivity index (χ3n) is 3.53. The molecule has 0 atom stereocenters. The zero-order valence-electron chi connectivity index (χ0n) is 11.3. The largest absolute Gasteiger partial charge is 0.396 e. The van der Waals surface area contributed by atoms with Crippen LogP contribution in [0.15, 0.2) is 53.3 Å². The van der Waals surface area contributed by atoms with Gasteiger partial charge in [0.15, 0.2) is 0 Å². The van der Waals surface area contributed by atoms with Gasteiger partial charge in [0.25, 0.3) is 5.56 Å². The number of halogens is 1. The lowest BCUT2D eigenvalue weighted by Gasteiger charge is -2.12. The molecule has 3 nitrogen and oxygen atoms in total. The monoisotopic (exact) mass is 283 g/mol. The molecule has 1 aromatic heterocycles. The van der Waals surface area contributed by atoms with Crippen molar-refractivity contribution in [2.75, 3.05) is 6.61 Å². The second-order valence-electron chi connectivity index (χ2n) is 4.81. The van der Waals surface area contributed by atoms with Crippen LogP contribution in [0.25, 0.3) is 22.0 Å². The first-order chi connectivity index (χ1) is 10.2. The van der Waals surface area contributed by atoms with Crippen molar-refractivity contribution in [1.82, 2.24) is 4.98 Å². The molecule has 1 heterocycles. The minimum absolute atomic E-state index is 0.164. The molecule has 0 amide bonds. The second kappa shape index (κ2) is 5.50. The van der Waals surface area contributed by atoms with Gasteiger partial charge in [0.2, 0.25) is 0 Å². The molecule has 106 valence electrons. The highest BCUT2D eigenvalue weighted by molar-refractivity contribution is 5.96. The van der Waals surface area contributed by atoms with E-state index in [0.29, 0.717) is 22.2 Å². The van der Waals surface area contributed by atoms with Gasteiger partial charge in [0.1, 0.15) is 5.82 Å². The number of aliphatic hydroxyl groups is 1. The molecule has 21 heavy (non-hydrogen) atoms. The molecule has 3 rings (SSSR count). The van der Waals surface area contributed by atoms with Crippen LogP contribution in [-0.2, 0) is 6.42 Å². The first-order valence-electron chi connectivity index (χ1n) is 6.72. The summed E-state index contributed by atoms with van der Waals surface area (Å²) in [7, 11) is 0. The molecule has 0 aliphatic heterocycles. The normalized spacial score (nSPS) is 11.0. The summed E-state index contributed by atoms with van der Waals surface area (Å²) in [6.07, 6.45) is 0.184. The molecule has 0 bridgehead atoms. The highest BCUT2D eigenvalue weighted by atomic mass is 19.1. The lowest BCUT2D eigenvalue weighted by molar-refractivity contribution is 0.299. The number of rotatable bonds is 3. The standard InChI is InChI=1S/C17H14FNO2/c18-14-7-3-1-5-11(14)16-12-6-2-4-8-15(12)19-17(21)13(16)9-10-20/h1-8,20H,9-10H2,(H,19,21). The Morgan fingerprint density at radius 1 is 1.05 bits per heavy atom. The number of fused-ring (bicyclic) bond motifs is 1. The molecule has 0 unspecified atom stereocenters. The minimum Gasteiger partial charge on any atom is -0.396 e. The van der Waals surface area contributed by atoms with Gasteiger partial charge in [-0.15, -0.1) is 0 Å². The predicted molar refractivity (Wildman–Crippen MR) is 80.8 cm³/mol. The Morgan fingerprint density at radius 2 is 1.76 bits per heavy atom. The van der Waals surface area contributed by atoms with Crippen LogP contribution in [0.4, 0.5) is 4.39 Å². The number of nitrogens with one attached hydrogen (secondary N) is 1. The van der Waals surface area contributed by atoms with Crippen molar-refractivity contribution in [2.45, 2.75) is 6.42 Å². The number of pyridine rings is 1. The van der Waals surface area contributed by atoms with Crippen LogP contribution in [0, 0.1) is 5.82 Å². The number of para-hydroxylation sites is 1. The van der Waals surface area contributed by atoms with Gasteiger partial charge in [-0.25, -0.2) is 4.39 Å². The number of hydrogen-bond donors (Lipinski definition) is 2. The van der Waals surface area contributed by atoms with E-state index in [1.165, 1.54) is 6.07 Å². The summed E-state index contributed by atoms with van der Waals surface area (Å²) < 4.78 is 14.2. The number of aromatic nitrogens is 1. The van der Waals surface area contributed by atoms with Crippen molar-refractivity contribution in [3.05, 3.63) is 70.3 Å². The fraction of sp³-hybridized carbons (Fsp3) is 0.118. The van der Waals surface area contributed by atoms with Crippen molar-refractivity contribution in [3.8, 4) is 11.1 Å². The maximum atomic E-state index is 14.2. The van der Waals surface area contributed by atoms with Gasteiger partial charge in [-0.2, -0.15) is 0 Å². The van der Waals surface area contributed by atoms with E-state index < -0.39 is 0 Å². The molecule has 2 aromatic carbocycles. The van der Waals surface area contributed by atoms with E-state index >= 15 is 0 Å². The van der Waals surface area contributed by atoms with Gasteiger partial charge >= 0.3 is 0 Å². The lowest BCUT2D eigenvalue weighted by atomic mass is 9.94. The molecule has 0 fully saturated rings. The van der Waals surface area contributed by atoms with E-state index in [9.17, 15) is 14.3 Å². The molecule has 4 heteroatoms. The van der Waals surface area contributed by atoms with E-state index in [2.05, 4.69) is 4.98 Å². The molecular formula is C17H14FNO2. The summed E-state index contributed by atoms with van der Waals surface area (Å²) in [5.74, 6) is -0.382. The summed E-state index contributed by atoms with van der Waals surface area (Å²) in [6.45, 7) is -0.164. The van der Waals surface area contributed by atoms with E-state index in [1.807, 2.05) is 18.2 Å². The smallest absolute Gasteiger partial charge is 0.252 e. The quantitative estimate of drug-likeness (QED) is 0.776. The summed E-state index contributed by atoms with van der Waals surface area (Å²) in [6, 6.07) is 13.6. The Kier molecular flexibility index (Phi) is 3.54. The van der Waals surface area contributed by atoms with Gasteiger partial charge < -0.3 is 10.1 Å². The molecular weight excluding hydrogens is 269 g/mol. The van der Waals surface area contributed by atoms with E-state index in [4.69, 9.17) is 0 Å². The van der Waals surface area contributed by atoms with Crippen molar-refractivity contribution >= 4 is 10.9 Å². The zero-order valence-corrected chi connectivity index (χ0v) is 11.3. The third kappa shape index (κ3) is 2.34. The average molecular weight is 283 g/mol. The van der Waals surface area contributed by atoms with E-state index in [1.54, 1.807) is 24.3 Å². The Hall–Kier alpha value is -2.46. The van der Waals surface area contributed by atoms with Crippen molar-refractivity contribution in [1.29, 1.82) is 0 Å². The Morgan fingerprint density at radius 3 is 2.52 bits per heavy atom. The van der Waals surface area contributed by atoms with Gasteiger partial charge in [0, 0.05) is 40.6 Å². The lowest BCUT2D eigenvalue weighted by Crippen LogP contribution is -2.16. The molecule has 0 aliphatic rings. The Bertz CT molecular complexity index is 855. The molecule has 0 aliphatic carbocycles. The first-order valence-corrected chi connectivity index (χ1v) is 6.72. The summed E-state index contributed by atoms with van der Waals surface area (Å²) in [5, 5.41) is 9.98. The number of aromatic amines is 1. The highest BCUT2D eigenvalue weighted by Crippen LogP contribution is 2.31. The van der Waals surface area contributed by atoms with Crippen LogP contribution in [-0.4, -0.2) is 16.7 Å². The number of H-pyrrole nitrogens is 1. The van der Waals surface area contributed by atoms with Gasteiger partial charge in [0.05, 0.1) is 0 Å². The molecule has 2 N–H and O–H groups in total. The number of hydrogen-bond acceptors (Lipinski definition) is 2. The van der Waals surface area contributed by atoms with Gasteiger partial charge in [-0.1, -0.05) is 36.4 Å². The summed E-state index contributed by atoms with van der Waals surface area (Å²) >= 11 is 0. The van der Waals surface area contributed by atoms with Gasteiger partial charge in [-0.3, -0.25) is 4.79 Å². The molecule has 3 aromatic rings. The number of aliphatic hydroxyl groups excluding tert-OH is 1. The SMILES string of the molecule is O=c1[nH]c2ccccc2c(-c2ccccc2F)c1CCO. The fourth-order valence-corrected chi connectivity index (χ4v) is 2.61. The third-order valence-corrected chi connectivity index (χ3v) is 3.53. The molecule has 0 radical (unpaired) electrons. The van der Waals surface area contributed by atoms with E-state index in [0.717, 1.165) is 5.39 Å². The van der Waals surface area contributed by atoms with Crippen LogP contribution in [0.2, 0.25) is 0 Å². The Balaban J connectivity index is 2.45. The van der Waals surface area contributed by atoms with Crippen LogP contribution in [0.3, 0.4) is 0 Å². The minimum atomic E-state index is -0.382. The van der Waals surface area contributed by atoms with Gasteiger partial charge in [-0.05, 0) is 12.1 Å².